The summed E-state index contributed by atoms with van der Waals surface area (Å²) in [7, 11) is 0. The number of aliphatic hydroxyl groups is 1. The first-order valence-corrected chi connectivity index (χ1v) is 9.97. The number of aliphatic hydroxyl groups excluding tert-OH is 1. The first-order valence-electron chi connectivity index (χ1n) is 8.89. The molecule has 3 atom stereocenters. The summed E-state index contributed by atoms with van der Waals surface area (Å²) in [6, 6.07) is -0.131. The number of hydrogen-bond donors (Lipinski definition) is 3. The van der Waals surface area contributed by atoms with Gasteiger partial charge in [0.25, 0.3) is 5.91 Å². The third kappa shape index (κ3) is 5.48. The number of piperazine rings is 1. The number of amides is 2. The van der Waals surface area contributed by atoms with Gasteiger partial charge in [-0.1, -0.05) is 13.8 Å². The van der Waals surface area contributed by atoms with Crippen LogP contribution in [0, 0.1) is 15.4 Å². The number of hydroxylamine groups is 1. The minimum absolute atomic E-state index is 0.108. The largest absolute Gasteiger partial charge is 0.382 e. The lowest BCUT2D eigenvalue weighted by Crippen LogP contribution is -2.57. The summed E-state index contributed by atoms with van der Waals surface area (Å²) in [5, 5.41) is 19.0. The number of nitrogens with zero attached hydrogens (tertiary/aromatic N) is 4. The molecule has 0 unspecified atom stereocenters. The number of carbonyl (C=O) groups is 2. The van der Waals surface area contributed by atoms with E-state index >= 15 is 0 Å². The molecule has 1 aliphatic rings. The van der Waals surface area contributed by atoms with Gasteiger partial charge in [0.2, 0.25) is 11.9 Å². The van der Waals surface area contributed by atoms with Gasteiger partial charge in [-0.3, -0.25) is 14.8 Å². The number of rotatable bonds is 6. The average Bonchev–Trinajstić information content (AvgIpc) is 2.64. The second-order valence-corrected chi connectivity index (χ2v) is 8.43. The van der Waals surface area contributed by atoms with Crippen LogP contribution in [0.2, 0.25) is 0 Å². The molecule has 1 aromatic rings. The number of anilines is 1. The van der Waals surface area contributed by atoms with E-state index in [1.54, 1.807) is 17.3 Å². The summed E-state index contributed by atoms with van der Waals surface area (Å²) in [5.41, 5.74) is 1.44. The first-order chi connectivity index (χ1) is 12.7. The zero-order valence-electron chi connectivity index (χ0n) is 15.7. The van der Waals surface area contributed by atoms with E-state index in [1.165, 1.54) is 5.48 Å². The number of aromatic nitrogens is 2. The van der Waals surface area contributed by atoms with Gasteiger partial charge in [-0.2, -0.15) is 0 Å². The van der Waals surface area contributed by atoms with Crippen molar-refractivity contribution in [2.75, 3.05) is 24.5 Å². The standard InChI is InChI=1S/C17H26IN5O4/c1-10(2)6-13(14(24)15(25)21-27)16(26)23-5-4-22(9-11(23)3)17-19-7-12(18)8-20-17/h7-8,10-11,13-14,24,27H,4-6,9H2,1-3H3,(H,21,25)/t11-,13+,14+/m1/s1. The fraction of sp³-hybridized carbons (Fsp3) is 0.647. The molecule has 0 aromatic carbocycles. The molecule has 1 aromatic heterocycles. The van der Waals surface area contributed by atoms with Crippen molar-refractivity contribution in [3.05, 3.63) is 16.0 Å². The van der Waals surface area contributed by atoms with Crippen molar-refractivity contribution in [1.29, 1.82) is 0 Å². The lowest BCUT2D eigenvalue weighted by Gasteiger charge is -2.41. The molecule has 150 valence electrons. The third-order valence-electron chi connectivity index (χ3n) is 4.60. The van der Waals surface area contributed by atoms with E-state index in [0.29, 0.717) is 32.0 Å². The Kier molecular flexibility index (Phi) is 7.74. The quantitative estimate of drug-likeness (QED) is 0.304. The van der Waals surface area contributed by atoms with Crippen molar-refractivity contribution in [3.8, 4) is 0 Å². The second-order valence-electron chi connectivity index (χ2n) is 7.18. The summed E-state index contributed by atoms with van der Waals surface area (Å²) >= 11 is 2.14. The smallest absolute Gasteiger partial charge is 0.272 e. The summed E-state index contributed by atoms with van der Waals surface area (Å²) in [4.78, 5) is 37.1. The molecule has 2 amide bonds. The zero-order valence-corrected chi connectivity index (χ0v) is 17.8. The minimum Gasteiger partial charge on any atom is -0.382 e. The van der Waals surface area contributed by atoms with Crippen molar-refractivity contribution < 1.29 is 19.9 Å². The van der Waals surface area contributed by atoms with Gasteiger partial charge in [0.1, 0.15) is 6.10 Å². The van der Waals surface area contributed by atoms with Crippen LogP contribution in [0.25, 0.3) is 0 Å². The van der Waals surface area contributed by atoms with Gasteiger partial charge in [-0.25, -0.2) is 15.4 Å². The maximum Gasteiger partial charge on any atom is 0.272 e. The summed E-state index contributed by atoms with van der Waals surface area (Å²) in [6.07, 6.45) is 2.25. The van der Waals surface area contributed by atoms with Crippen LogP contribution in [0.1, 0.15) is 27.2 Å². The molecule has 27 heavy (non-hydrogen) atoms. The molecule has 0 radical (unpaired) electrons. The summed E-state index contributed by atoms with van der Waals surface area (Å²) in [5.74, 6) is -1.42. The fourth-order valence-electron chi connectivity index (χ4n) is 3.27. The third-order valence-corrected chi connectivity index (χ3v) is 5.16. The van der Waals surface area contributed by atoms with Gasteiger partial charge < -0.3 is 14.9 Å². The van der Waals surface area contributed by atoms with Crippen LogP contribution in [0.15, 0.2) is 12.4 Å². The predicted molar refractivity (Wildman–Crippen MR) is 107 cm³/mol. The number of carbonyl (C=O) groups excluding carboxylic acids is 2. The van der Waals surface area contributed by atoms with E-state index in [1.807, 2.05) is 25.7 Å². The molecule has 0 saturated carbocycles. The molecule has 0 aliphatic carbocycles. The molecular formula is C17H26IN5O4. The van der Waals surface area contributed by atoms with Gasteiger partial charge in [0.05, 0.1) is 5.92 Å². The van der Waals surface area contributed by atoms with Crippen LogP contribution in [0.5, 0.6) is 0 Å². The predicted octanol–water partition coefficient (Wildman–Crippen LogP) is 0.647. The first kappa shape index (κ1) is 21.8. The van der Waals surface area contributed by atoms with Crippen molar-refractivity contribution in [2.45, 2.75) is 39.3 Å². The summed E-state index contributed by atoms with van der Waals surface area (Å²) in [6.45, 7) is 7.31. The Labute approximate surface area is 172 Å². The Morgan fingerprint density at radius 3 is 2.48 bits per heavy atom. The lowest BCUT2D eigenvalue weighted by molar-refractivity contribution is -0.152. The Morgan fingerprint density at radius 1 is 1.33 bits per heavy atom. The maximum absolute atomic E-state index is 13.0. The van der Waals surface area contributed by atoms with E-state index in [-0.39, 0.29) is 17.9 Å². The highest BCUT2D eigenvalue weighted by Gasteiger charge is 2.38. The maximum atomic E-state index is 13.0. The highest BCUT2D eigenvalue weighted by molar-refractivity contribution is 14.1. The Morgan fingerprint density at radius 2 is 1.96 bits per heavy atom. The fourth-order valence-corrected chi connectivity index (χ4v) is 3.55. The Balaban J connectivity index is 2.10. The molecule has 1 aliphatic heterocycles. The van der Waals surface area contributed by atoms with Crippen LogP contribution >= 0.6 is 22.6 Å². The van der Waals surface area contributed by atoms with Crippen molar-refractivity contribution in [2.24, 2.45) is 11.8 Å². The van der Waals surface area contributed by atoms with Crippen LogP contribution in [-0.2, 0) is 9.59 Å². The average molecular weight is 491 g/mol. The van der Waals surface area contributed by atoms with Gasteiger partial charge in [0, 0.05) is 41.6 Å². The van der Waals surface area contributed by atoms with Gasteiger partial charge in [-0.05, 0) is 41.9 Å². The van der Waals surface area contributed by atoms with Crippen LogP contribution in [0.4, 0.5) is 5.95 Å². The van der Waals surface area contributed by atoms with E-state index in [9.17, 15) is 14.7 Å². The molecular weight excluding hydrogens is 465 g/mol. The van der Waals surface area contributed by atoms with Crippen LogP contribution in [-0.4, -0.2) is 68.8 Å². The highest BCUT2D eigenvalue weighted by Crippen LogP contribution is 2.23. The normalized spacial score (nSPS) is 19.7. The number of hydrogen-bond acceptors (Lipinski definition) is 7. The van der Waals surface area contributed by atoms with Gasteiger partial charge in [-0.15, -0.1) is 0 Å². The molecule has 10 heteroatoms. The molecule has 0 bridgehead atoms. The highest BCUT2D eigenvalue weighted by atomic mass is 127. The van der Waals surface area contributed by atoms with Crippen LogP contribution < -0.4 is 10.4 Å². The molecule has 1 saturated heterocycles. The number of nitrogens with one attached hydrogen (secondary N) is 1. The molecule has 2 heterocycles. The van der Waals surface area contributed by atoms with Gasteiger partial charge >= 0.3 is 0 Å². The lowest BCUT2D eigenvalue weighted by atomic mass is 9.89. The van der Waals surface area contributed by atoms with Crippen LogP contribution in [0.3, 0.4) is 0 Å². The van der Waals surface area contributed by atoms with E-state index in [2.05, 4.69) is 32.6 Å². The topological polar surface area (TPSA) is 119 Å². The molecule has 9 nitrogen and oxygen atoms in total. The molecule has 3 N–H and O–H groups in total. The van der Waals surface area contributed by atoms with E-state index < -0.39 is 17.9 Å². The van der Waals surface area contributed by atoms with E-state index in [4.69, 9.17) is 5.21 Å². The second kappa shape index (κ2) is 9.60. The zero-order chi connectivity index (χ0) is 20.1. The number of halogens is 1. The monoisotopic (exact) mass is 491 g/mol. The molecule has 0 spiro atoms. The van der Waals surface area contributed by atoms with Crippen molar-refractivity contribution >= 4 is 40.4 Å². The van der Waals surface area contributed by atoms with Crippen molar-refractivity contribution in [3.63, 3.8) is 0 Å². The Hall–Kier alpha value is -1.53. The SMILES string of the molecule is CC(C)C[C@H](C(=O)N1CCN(c2ncc(I)cn2)C[C@H]1C)[C@H](O)C(=O)NO. The summed E-state index contributed by atoms with van der Waals surface area (Å²) < 4.78 is 0.950. The van der Waals surface area contributed by atoms with E-state index in [0.717, 1.165) is 3.57 Å². The Bertz CT molecular complexity index is 657. The minimum atomic E-state index is -1.59. The molecule has 1 fully saturated rings. The van der Waals surface area contributed by atoms with Crippen molar-refractivity contribution in [1.82, 2.24) is 20.3 Å². The van der Waals surface area contributed by atoms with Gasteiger partial charge in [0.15, 0.2) is 0 Å². The molecule has 2 rings (SSSR count).